The Morgan fingerprint density at radius 3 is 2.36 bits per heavy atom. The van der Waals surface area contributed by atoms with E-state index in [2.05, 4.69) is 10.2 Å². The summed E-state index contributed by atoms with van der Waals surface area (Å²) in [6, 6.07) is 10.7. The standard InChI is InChI=1S/C21H25F3N2O2/c1-27-17-8-9-19(28-2)18(14-17)20(26-12-3-10-25-11-13-26)15-4-6-16(7-5-15)21(22,23)24/h4-9,14,20,25H,3,10-13H2,1-2H3. The first kappa shape index (κ1) is 20.5. The normalized spacial score (nSPS) is 17.0. The summed E-state index contributed by atoms with van der Waals surface area (Å²) in [7, 11) is 3.19. The monoisotopic (exact) mass is 394 g/mol. The number of hydrogen-bond donors (Lipinski definition) is 1. The van der Waals surface area contributed by atoms with Crippen LogP contribution in [0.2, 0.25) is 0 Å². The molecule has 1 heterocycles. The molecule has 28 heavy (non-hydrogen) atoms. The van der Waals surface area contributed by atoms with E-state index in [4.69, 9.17) is 9.47 Å². The number of benzene rings is 2. The number of halogens is 3. The first-order valence-electron chi connectivity index (χ1n) is 9.28. The minimum Gasteiger partial charge on any atom is -0.497 e. The van der Waals surface area contributed by atoms with Crippen LogP contribution in [0.15, 0.2) is 42.5 Å². The van der Waals surface area contributed by atoms with Gasteiger partial charge in [0.2, 0.25) is 0 Å². The van der Waals surface area contributed by atoms with Crippen LogP contribution in [0.1, 0.15) is 29.2 Å². The Morgan fingerprint density at radius 2 is 1.71 bits per heavy atom. The molecule has 1 unspecified atom stereocenters. The minimum absolute atomic E-state index is 0.229. The van der Waals surface area contributed by atoms with E-state index in [0.29, 0.717) is 11.5 Å². The third kappa shape index (κ3) is 4.59. The summed E-state index contributed by atoms with van der Waals surface area (Å²) < 4.78 is 50.0. The van der Waals surface area contributed by atoms with Gasteiger partial charge in [0.25, 0.3) is 0 Å². The van der Waals surface area contributed by atoms with Crippen LogP contribution in [-0.2, 0) is 6.18 Å². The predicted molar refractivity (Wildman–Crippen MR) is 102 cm³/mol. The van der Waals surface area contributed by atoms with Gasteiger partial charge >= 0.3 is 6.18 Å². The summed E-state index contributed by atoms with van der Waals surface area (Å²) >= 11 is 0. The van der Waals surface area contributed by atoms with Crippen LogP contribution in [0, 0.1) is 0 Å². The van der Waals surface area contributed by atoms with Gasteiger partial charge in [0.05, 0.1) is 25.8 Å². The number of hydrogen-bond acceptors (Lipinski definition) is 4. The second-order valence-corrected chi connectivity index (χ2v) is 6.77. The SMILES string of the molecule is COc1ccc(OC)c(C(c2ccc(C(F)(F)F)cc2)N2CCCNCC2)c1. The minimum atomic E-state index is -4.35. The molecule has 152 valence electrons. The van der Waals surface area contributed by atoms with Crippen LogP contribution in [0.3, 0.4) is 0 Å². The number of ether oxygens (including phenoxy) is 2. The molecule has 0 saturated carbocycles. The van der Waals surface area contributed by atoms with Gasteiger partial charge in [0.15, 0.2) is 0 Å². The molecule has 2 aromatic rings. The molecule has 1 aliphatic heterocycles. The summed E-state index contributed by atoms with van der Waals surface area (Å²) in [5.41, 5.74) is 1.02. The zero-order valence-electron chi connectivity index (χ0n) is 16.1. The van der Waals surface area contributed by atoms with Crippen LogP contribution in [0.4, 0.5) is 13.2 Å². The Morgan fingerprint density at radius 1 is 0.964 bits per heavy atom. The van der Waals surface area contributed by atoms with Crippen LogP contribution in [-0.4, -0.2) is 45.3 Å². The second-order valence-electron chi connectivity index (χ2n) is 6.77. The van der Waals surface area contributed by atoms with Crippen molar-refractivity contribution in [2.75, 3.05) is 40.4 Å². The van der Waals surface area contributed by atoms with Crippen LogP contribution in [0.5, 0.6) is 11.5 Å². The highest BCUT2D eigenvalue weighted by Crippen LogP contribution is 2.38. The van der Waals surface area contributed by atoms with E-state index in [1.807, 2.05) is 18.2 Å². The number of nitrogens with one attached hydrogen (secondary N) is 1. The quantitative estimate of drug-likeness (QED) is 0.828. The fraction of sp³-hybridized carbons (Fsp3) is 0.429. The van der Waals surface area contributed by atoms with Gasteiger partial charge < -0.3 is 14.8 Å². The molecule has 1 atom stereocenters. The lowest BCUT2D eigenvalue weighted by molar-refractivity contribution is -0.137. The Labute approximate surface area is 163 Å². The molecule has 0 radical (unpaired) electrons. The zero-order valence-corrected chi connectivity index (χ0v) is 16.1. The predicted octanol–water partition coefficient (Wildman–Crippen LogP) is 4.11. The molecule has 1 fully saturated rings. The van der Waals surface area contributed by atoms with E-state index in [9.17, 15) is 13.2 Å². The molecule has 0 aliphatic carbocycles. The van der Waals surface area contributed by atoms with Crippen LogP contribution >= 0.6 is 0 Å². The molecule has 0 spiro atoms. The smallest absolute Gasteiger partial charge is 0.416 e. The van der Waals surface area contributed by atoms with Gasteiger partial charge in [-0.25, -0.2) is 0 Å². The Balaban J connectivity index is 2.07. The average molecular weight is 394 g/mol. The number of alkyl halides is 3. The molecule has 1 N–H and O–H groups in total. The van der Waals surface area contributed by atoms with Crippen molar-refractivity contribution in [3.05, 3.63) is 59.2 Å². The van der Waals surface area contributed by atoms with Crippen molar-refractivity contribution in [3.8, 4) is 11.5 Å². The third-order valence-corrected chi connectivity index (χ3v) is 5.03. The highest BCUT2D eigenvalue weighted by molar-refractivity contribution is 5.46. The van der Waals surface area contributed by atoms with E-state index in [1.54, 1.807) is 26.4 Å². The lowest BCUT2D eigenvalue weighted by atomic mass is 9.94. The zero-order chi connectivity index (χ0) is 20.1. The van der Waals surface area contributed by atoms with Gasteiger partial charge in [-0.2, -0.15) is 13.2 Å². The summed E-state index contributed by atoms with van der Waals surface area (Å²) in [6.45, 7) is 3.36. The fourth-order valence-corrected chi connectivity index (χ4v) is 3.62. The fourth-order valence-electron chi connectivity index (χ4n) is 3.62. The van der Waals surface area contributed by atoms with Gasteiger partial charge in [-0.3, -0.25) is 4.90 Å². The van der Waals surface area contributed by atoms with E-state index in [-0.39, 0.29) is 6.04 Å². The molecule has 1 saturated heterocycles. The highest BCUT2D eigenvalue weighted by Gasteiger charge is 2.31. The van der Waals surface area contributed by atoms with Crippen molar-refractivity contribution in [2.24, 2.45) is 0 Å². The molecule has 2 aromatic carbocycles. The molecular weight excluding hydrogens is 369 g/mol. The molecule has 7 heteroatoms. The first-order valence-corrected chi connectivity index (χ1v) is 9.28. The maximum absolute atomic E-state index is 13.0. The van der Waals surface area contributed by atoms with Gasteiger partial charge in [0.1, 0.15) is 11.5 Å². The molecule has 1 aliphatic rings. The lowest BCUT2D eigenvalue weighted by Crippen LogP contribution is -2.33. The molecule has 0 bridgehead atoms. The summed E-state index contributed by atoms with van der Waals surface area (Å²) in [5, 5.41) is 3.37. The van der Waals surface area contributed by atoms with Crippen molar-refractivity contribution in [3.63, 3.8) is 0 Å². The van der Waals surface area contributed by atoms with Gasteiger partial charge in [0, 0.05) is 25.2 Å². The molecule has 4 nitrogen and oxygen atoms in total. The number of nitrogens with zero attached hydrogens (tertiary/aromatic N) is 1. The van der Waals surface area contributed by atoms with Crippen LogP contribution in [0.25, 0.3) is 0 Å². The molecule has 0 aromatic heterocycles. The lowest BCUT2D eigenvalue weighted by Gasteiger charge is -2.32. The summed E-state index contributed by atoms with van der Waals surface area (Å²) in [4.78, 5) is 2.28. The number of rotatable bonds is 5. The maximum atomic E-state index is 13.0. The molecule has 3 rings (SSSR count). The van der Waals surface area contributed by atoms with Crippen molar-refractivity contribution in [1.82, 2.24) is 10.2 Å². The summed E-state index contributed by atoms with van der Waals surface area (Å²) in [6.07, 6.45) is -3.39. The largest absolute Gasteiger partial charge is 0.497 e. The van der Waals surface area contributed by atoms with E-state index >= 15 is 0 Å². The second kappa shape index (κ2) is 8.84. The van der Waals surface area contributed by atoms with Crippen LogP contribution < -0.4 is 14.8 Å². The van der Waals surface area contributed by atoms with E-state index in [0.717, 1.165) is 55.9 Å². The van der Waals surface area contributed by atoms with Crippen molar-refractivity contribution < 1.29 is 22.6 Å². The molecule has 0 amide bonds. The first-order chi connectivity index (χ1) is 13.4. The Bertz CT molecular complexity index is 770. The van der Waals surface area contributed by atoms with Crippen molar-refractivity contribution in [2.45, 2.75) is 18.6 Å². The Kier molecular flexibility index (Phi) is 6.46. The average Bonchev–Trinajstić information content (AvgIpc) is 2.97. The highest BCUT2D eigenvalue weighted by atomic mass is 19.4. The number of methoxy groups -OCH3 is 2. The van der Waals surface area contributed by atoms with Gasteiger partial charge in [-0.1, -0.05) is 12.1 Å². The van der Waals surface area contributed by atoms with E-state index < -0.39 is 11.7 Å². The van der Waals surface area contributed by atoms with Gasteiger partial charge in [-0.15, -0.1) is 0 Å². The van der Waals surface area contributed by atoms with Crippen molar-refractivity contribution in [1.29, 1.82) is 0 Å². The maximum Gasteiger partial charge on any atom is 0.416 e. The third-order valence-electron chi connectivity index (χ3n) is 5.03. The summed E-state index contributed by atoms with van der Waals surface area (Å²) in [5.74, 6) is 1.36. The van der Waals surface area contributed by atoms with Gasteiger partial charge in [-0.05, 0) is 48.9 Å². The molecular formula is C21H25F3N2O2. The Hall–Kier alpha value is -2.25. The van der Waals surface area contributed by atoms with E-state index in [1.165, 1.54) is 0 Å². The van der Waals surface area contributed by atoms with Crippen molar-refractivity contribution >= 4 is 0 Å². The topological polar surface area (TPSA) is 33.7 Å².